The van der Waals surface area contributed by atoms with Crippen LogP contribution >= 0.6 is 0 Å². The van der Waals surface area contributed by atoms with Crippen molar-refractivity contribution in [1.82, 2.24) is 24.3 Å². The third kappa shape index (κ3) is 3.38. The van der Waals surface area contributed by atoms with Gasteiger partial charge in [0.05, 0.1) is 17.1 Å². The lowest BCUT2D eigenvalue weighted by Gasteiger charge is -2.31. The molecule has 3 aromatic heterocycles. The van der Waals surface area contributed by atoms with Gasteiger partial charge in [-0.3, -0.25) is 4.79 Å². The van der Waals surface area contributed by atoms with Crippen LogP contribution in [0.4, 0.5) is 5.95 Å². The second-order valence-electron chi connectivity index (χ2n) is 7.76. The van der Waals surface area contributed by atoms with Crippen molar-refractivity contribution in [3.8, 4) is 0 Å². The first-order valence-electron chi connectivity index (χ1n) is 10.4. The van der Waals surface area contributed by atoms with Crippen LogP contribution < -0.4 is 21.8 Å². The van der Waals surface area contributed by atoms with Crippen molar-refractivity contribution in [2.75, 3.05) is 18.0 Å². The number of imidazole rings is 1. The number of hydrogen-bond donors (Lipinski definition) is 1. The minimum atomic E-state index is -0.489. The summed E-state index contributed by atoms with van der Waals surface area (Å²) in [5.74, 6) is 0.863. The number of aryl methyl sites for hydroxylation is 1. The number of aromatic nitrogens is 5. The predicted molar refractivity (Wildman–Crippen MR) is 116 cm³/mol. The third-order valence-corrected chi connectivity index (χ3v) is 5.65. The Morgan fingerprint density at radius 1 is 1.19 bits per heavy atom. The van der Waals surface area contributed by atoms with Gasteiger partial charge in [-0.25, -0.2) is 19.4 Å². The largest absolute Gasteiger partial charge is 0.406 e. The fraction of sp³-hybridized carbons (Fsp3) is 0.381. The van der Waals surface area contributed by atoms with Crippen LogP contribution in [0.3, 0.4) is 0 Å². The van der Waals surface area contributed by atoms with Gasteiger partial charge < -0.3 is 19.6 Å². The molecule has 160 valence electrons. The molecule has 10 heteroatoms. The zero-order chi connectivity index (χ0) is 21.5. The maximum absolute atomic E-state index is 13.3. The van der Waals surface area contributed by atoms with E-state index in [9.17, 15) is 9.59 Å². The van der Waals surface area contributed by atoms with E-state index in [-0.39, 0.29) is 24.0 Å². The minimum absolute atomic E-state index is 0.0480. The van der Waals surface area contributed by atoms with Crippen molar-refractivity contribution in [2.45, 2.75) is 38.9 Å². The number of anilines is 1. The molecule has 1 unspecified atom stereocenters. The molecule has 0 aliphatic carbocycles. The number of hydrogen-bond acceptors (Lipinski definition) is 8. The monoisotopic (exact) mass is 421 g/mol. The predicted octanol–water partition coefficient (Wildman–Crippen LogP) is 1.09. The number of benzene rings is 1. The molecule has 1 saturated heterocycles. The van der Waals surface area contributed by atoms with Crippen molar-refractivity contribution in [2.24, 2.45) is 5.73 Å². The Balaban J connectivity index is 1.57. The molecule has 0 saturated carbocycles. The van der Waals surface area contributed by atoms with Gasteiger partial charge in [-0.05, 0) is 31.9 Å². The van der Waals surface area contributed by atoms with E-state index in [0.717, 1.165) is 25.3 Å². The van der Waals surface area contributed by atoms with Crippen LogP contribution in [-0.4, -0.2) is 43.4 Å². The van der Waals surface area contributed by atoms with Gasteiger partial charge in [-0.15, -0.1) is 0 Å². The molecule has 2 N–H and O–H groups in total. The Morgan fingerprint density at radius 3 is 2.84 bits per heavy atom. The molecule has 4 heterocycles. The highest BCUT2D eigenvalue weighted by Gasteiger charge is 2.24. The van der Waals surface area contributed by atoms with Crippen molar-refractivity contribution in [1.29, 1.82) is 0 Å². The first-order valence-corrected chi connectivity index (χ1v) is 10.4. The van der Waals surface area contributed by atoms with Crippen molar-refractivity contribution < 1.29 is 4.42 Å². The Labute approximate surface area is 176 Å². The number of rotatable bonds is 4. The first-order chi connectivity index (χ1) is 15.0. The molecule has 0 bridgehead atoms. The van der Waals surface area contributed by atoms with Crippen molar-refractivity contribution >= 4 is 27.9 Å². The van der Waals surface area contributed by atoms with Crippen LogP contribution in [-0.2, 0) is 13.1 Å². The smallest absolute Gasteiger partial charge is 0.346 e. The molecule has 0 spiro atoms. The van der Waals surface area contributed by atoms with Gasteiger partial charge in [0.25, 0.3) is 5.56 Å². The third-order valence-electron chi connectivity index (χ3n) is 5.65. The minimum Gasteiger partial charge on any atom is -0.406 e. The average Bonchev–Trinajstić information content (AvgIpc) is 3.15. The summed E-state index contributed by atoms with van der Waals surface area (Å²) in [5.41, 5.74) is 6.86. The second kappa shape index (κ2) is 7.62. The molecule has 4 aromatic rings. The van der Waals surface area contributed by atoms with Crippen LogP contribution in [0.2, 0.25) is 0 Å². The fourth-order valence-electron chi connectivity index (χ4n) is 4.18. The number of fused-ring (bicyclic) bond motifs is 2. The van der Waals surface area contributed by atoms with Crippen LogP contribution in [0.5, 0.6) is 0 Å². The summed E-state index contributed by atoms with van der Waals surface area (Å²) < 4.78 is 8.47. The van der Waals surface area contributed by atoms with Gasteiger partial charge in [-0.1, -0.05) is 12.1 Å². The highest BCUT2D eigenvalue weighted by atomic mass is 16.4. The Bertz CT molecular complexity index is 1390. The molecular formula is C21H23N7O3. The molecule has 1 atom stereocenters. The molecule has 1 aliphatic rings. The standard InChI is InChI=1S/C21H23N7O3/c1-2-27-18-16(25-21(27)26-9-5-6-13(22)11-26)10-23-28(19(18)29)12-17-24-15-8-4-3-7-14(15)20(30)31-17/h3-4,7-8,10,13H,2,5-6,9,11-12,22H2,1H3. The fourth-order valence-corrected chi connectivity index (χ4v) is 4.18. The number of piperidine rings is 1. The zero-order valence-corrected chi connectivity index (χ0v) is 17.2. The van der Waals surface area contributed by atoms with Crippen LogP contribution in [0, 0.1) is 0 Å². The van der Waals surface area contributed by atoms with Gasteiger partial charge in [0.1, 0.15) is 17.6 Å². The Kier molecular flexibility index (Phi) is 4.78. The van der Waals surface area contributed by atoms with E-state index in [0.29, 0.717) is 35.0 Å². The summed E-state index contributed by atoms with van der Waals surface area (Å²) in [6.45, 7) is 4.07. The quantitative estimate of drug-likeness (QED) is 0.519. The molecule has 0 amide bonds. The van der Waals surface area contributed by atoms with E-state index >= 15 is 0 Å². The molecule has 10 nitrogen and oxygen atoms in total. The summed E-state index contributed by atoms with van der Waals surface area (Å²) in [6.07, 6.45) is 3.54. The SMILES string of the molecule is CCn1c(N2CCCC(N)C2)nc2cnn(Cc3nc4ccccc4c(=O)o3)c(=O)c21. The van der Waals surface area contributed by atoms with E-state index in [1.165, 1.54) is 4.68 Å². The van der Waals surface area contributed by atoms with Gasteiger partial charge in [0.15, 0.2) is 0 Å². The molecule has 5 rings (SSSR count). The molecule has 1 aromatic carbocycles. The van der Waals surface area contributed by atoms with Crippen LogP contribution in [0.15, 0.2) is 44.5 Å². The first kappa shape index (κ1) is 19.4. The molecule has 31 heavy (non-hydrogen) atoms. The zero-order valence-electron chi connectivity index (χ0n) is 17.2. The van der Waals surface area contributed by atoms with Crippen molar-refractivity contribution in [3.63, 3.8) is 0 Å². The van der Waals surface area contributed by atoms with Gasteiger partial charge in [0, 0.05) is 25.7 Å². The number of para-hydroxylation sites is 1. The van der Waals surface area contributed by atoms with Crippen LogP contribution in [0.1, 0.15) is 25.7 Å². The van der Waals surface area contributed by atoms with E-state index < -0.39 is 5.63 Å². The molecule has 1 fully saturated rings. The maximum atomic E-state index is 13.3. The van der Waals surface area contributed by atoms with E-state index in [1.807, 2.05) is 11.5 Å². The lowest BCUT2D eigenvalue weighted by Crippen LogP contribution is -2.44. The molecular weight excluding hydrogens is 398 g/mol. The summed E-state index contributed by atoms with van der Waals surface area (Å²) in [4.78, 5) is 36.7. The highest BCUT2D eigenvalue weighted by molar-refractivity contribution is 5.77. The Hall–Kier alpha value is -3.53. The summed E-state index contributed by atoms with van der Waals surface area (Å²) >= 11 is 0. The molecule has 1 aliphatic heterocycles. The second-order valence-corrected chi connectivity index (χ2v) is 7.76. The van der Waals surface area contributed by atoms with E-state index in [1.54, 1.807) is 30.5 Å². The highest BCUT2D eigenvalue weighted by Crippen LogP contribution is 2.23. The maximum Gasteiger partial charge on any atom is 0.346 e. The van der Waals surface area contributed by atoms with E-state index in [2.05, 4.69) is 20.0 Å². The van der Waals surface area contributed by atoms with Crippen molar-refractivity contribution in [3.05, 3.63) is 57.1 Å². The lowest BCUT2D eigenvalue weighted by molar-refractivity contribution is 0.417. The van der Waals surface area contributed by atoms with Gasteiger partial charge in [-0.2, -0.15) is 5.10 Å². The van der Waals surface area contributed by atoms with Crippen LogP contribution in [0.25, 0.3) is 21.9 Å². The molecule has 0 radical (unpaired) electrons. The normalized spacial score (nSPS) is 17.0. The number of nitrogens with two attached hydrogens (primary N) is 1. The average molecular weight is 421 g/mol. The number of nitrogens with zero attached hydrogens (tertiary/aromatic N) is 6. The summed E-state index contributed by atoms with van der Waals surface area (Å²) in [5, 5.41) is 4.64. The topological polar surface area (TPSA) is 125 Å². The lowest BCUT2D eigenvalue weighted by atomic mass is 10.1. The summed E-state index contributed by atoms with van der Waals surface area (Å²) in [7, 11) is 0. The van der Waals surface area contributed by atoms with E-state index in [4.69, 9.17) is 10.2 Å². The van der Waals surface area contributed by atoms with Gasteiger partial charge >= 0.3 is 5.63 Å². The van der Waals surface area contributed by atoms with Gasteiger partial charge in [0.2, 0.25) is 11.8 Å². The summed E-state index contributed by atoms with van der Waals surface area (Å²) in [6, 6.07) is 7.02. The Morgan fingerprint density at radius 2 is 2.03 bits per heavy atom.